The molecular weight excluding hydrogens is 304 g/mol. The molecule has 3 N–H and O–H groups in total. The average molecular weight is 326 g/mol. The number of rotatable bonds is 3. The Hall–Kier alpha value is -1.77. The molecule has 0 radical (unpaired) electrons. The lowest BCUT2D eigenvalue weighted by Crippen LogP contribution is -2.84. The SMILES string of the molecule is Cc1ccc2[nH]c3c(c2c1)CCC[C@H]3[NH2+]Cc1ccc(Cl)cc1. The molecule has 0 unspecified atom stereocenters. The summed E-state index contributed by atoms with van der Waals surface area (Å²) in [6.45, 7) is 3.17. The van der Waals surface area contributed by atoms with E-state index in [-0.39, 0.29) is 0 Å². The van der Waals surface area contributed by atoms with Crippen molar-refractivity contribution in [3.63, 3.8) is 0 Å². The average Bonchev–Trinajstić information content (AvgIpc) is 2.93. The van der Waals surface area contributed by atoms with Crippen LogP contribution in [0.1, 0.15) is 41.3 Å². The van der Waals surface area contributed by atoms with Crippen LogP contribution < -0.4 is 5.32 Å². The summed E-state index contributed by atoms with van der Waals surface area (Å²) in [5.74, 6) is 0. The number of nitrogens with two attached hydrogens (primary N) is 1. The van der Waals surface area contributed by atoms with Crippen LogP contribution in [0.4, 0.5) is 0 Å². The predicted octanol–water partition coefficient (Wildman–Crippen LogP) is 4.27. The highest BCUT2D eigenvalue weighted by Gasteiger charge is 2.26. The van der Waals surface area contributed by atoms with Gasteiger partial charge < -0.3 is 10.3 Å². The quantitative estimate of drug-likeness (QED) is 0.721. The summed E-state index contributed by atoms with van der Waals surface area (Å²) in [6.07, 6.45) is 3.71. The summed E-state index contributed by atoms with van der Waals surface area (Å²) in [4.78, 5) is 3.69. The van der Waals surface area contributed by atoms with Gasteiger partial charge >= 0.3 is 0 Å². The molecule has 1 aromatic heterocycles. The second kappa shape index (κ2) is 6.03. The fourth-order valence-electron chi connectivity index (χ4n) is 3.75. The molecule has 0 amide bonds. The van der Waals surface area contributed by atoms with Gasteiger partial charge in [-0.15, -0.1) is 0 Å². The lowest BCUT2D eigenvalue weighted by Gasteiger charge is -2.21. The molecule has 0 fully saturated rings. The summed E-state index contributed by atoms with van der Waals surface area (Å²) < 4.78 is 0. The van der Waals surface area contributed by atoms with Crippen LogP contribution in [0.5, 0.6) is 0 Å². The monoisotopic (exact) mass is 325 g/mol. The highest BCUT2D eigenvalue weighted by molar-refractivity contribution is 6.30. The first-order valence-corrected chi connectivity index (χ1v) is 8.77. The fourth-order valence-corrected chi connectivity index (χ4v) is 3.87. The number of aryl methyl sites for hydroxylation is 2. The maximum Gasteiger partial charge on any atom is 0.127 e. The number of hydrogen-bond donors (Lipinski definition) is 2. The summed E-state index contributed by atoms with van der Waals surface area (Å²) in [5, 5.41) is 4.69. The number of nitrogens with one attached hydrogen (secondary N) is 1. The predicted molar refractivity (Wildman–Crippen MR) is 95.8 cm³/mol. The van der Waals surface area contributed by atoms with E-state index in [1.54, 1.807) is 0 Å². The minimum atomic E-state index is 0.530. The van der Waals surface area contributed by atoms with Crippen LogP contribution in [-0.2, 0) is 13.0 Å². The van der Waals surface area contributed by atoms with Gasteiger partial charge in [0.05, 0.1) is 5.69 Å². The molecule has 0 saturated carbocycles. The van der Waals surface area contributed by atoms with Crippen molar-refractivity contribution in [3.05, 3.63) is 69.9 Å². The molecule has 1 atom stereocenters. The standard InChI is InChI=1S/C20H21ClN2/c1-13-5-10-18-17(11-13)16-3-2-4-19(20(16)23-18)22-12-14-6-8-15(21)9-7-14/h5-11,19,22-23H,2-4,12H2,1H3/p+1/t19-/m1/s1. The van der Waals surface area contributed by atoms with Gasteiger partial charge in [-0.1, -0.05) is 35.4 Å². The van der Waals surface area contributed by atoms with E-state index in [2.05, 4.69) is 47.6 Å². The van der Waals surface area contributed by atoms with E-state index in [1.165, 1.54) is 52.5 Å². The van der Waals surface area contributed by atoms with E-state index in [4.69, 9.17) is 11.6 Å². The summed E-state index contributed by atoms with van der Waals surface area (Å²) in [7, 11) is 0. The molecule has 1 aliphatic rings. The van der Waals surface area contributed by atoms with Crippen molar-refractivity contribution >= 4 is 22.5 Å². The molecule has 4 rings (SSSR count). The van der Waals surface area contributed by atoms with Crippen molar-refractivity contribution in [3.8, 4) is 0 Å². The van der Waals surface area contributed by atoms with Gasteiger partial charge in [-0.25, -0.2) is 0 Å². The largest absolute Gasteiger partial charge is 0.353 e. The third-order valence-electron chi connectivity index (χ3n) is 4.96. The van der Waals surface area contributed by atoms with Crippen LogP contribution in [0.2, 0.25) is 5.02 Å². The van der Waals surface area contributed by atoms with Crippen molar-refractivity contribution < 1.29 is 5.32 Å². The first-order chi connectivity index (χ1) is 11.2. The Morgan fingerprint density at radius 3 is 2.83 bits per heavy atom. The smallest absolute Gasteiger partial charge is 0.127 e. The maximum absolute atomic E-state index is 5.97. The lowest BCUT2D eigenvalue weighted by molar-refractivity contribution is -0.712. The van der Waals surface area contributed by atoms with E-state index >= 15 is 0 Å². The molecule has 0 saturated heterocycles. The minimum absolute atomic E-state index is 0.530. The van der Waals surface area contributed by atoms with Gasteiger partial charge in [-0.3, -0.25) is 0 Å². The molecule has 0 spiro atoms. The second-order valence-electron chi connectivity index (χ2n) is 6.63. The number of halogens is 1. The molecule has 3 heteroatoms. The van der Waals surface area contributed by atoms with Gasteiger partial charge in [-0.2, -0.15) is 0 Å². The molecule has 2 nitrogen and oxygen atoms in total. The van der Waals surface area contributed by atoms with Crippen LogP contribution in [0.15, 0.2) is 42.5 Å². The van der Waals surface area contributed by atoms with Crippen molar-refractivity contribution in [1.29, 1.82) is 0 Å². The zero-order valence-electron chi connectivity index (χ0n) is 13.4. The zero-order chi connectivity index (χ0) is 15.8. The van der Waals surface area contributed by atoms with Crippen LogP contribution in [-0.4, -0.2) is 4.98 Å². The molecular formula is C20H22ClN2+. The number of fused-ring (bicyclic) bond motifs is 3. The van der Waals surface area contributed by atoms with Crippen LogP contribution in [0.3, 0.4) is 0 Å². The Labute approximate surface area is 141 Å². The van der Waals surface area contributed by atoms with Crippen LogP contribution in [0, 0.1) is 6.92 Å². The molecule has 23 heavy (non-hydrogen) atoms. The molecule has 118 valence electrons. The van der Waals surface area contributed by atoms with E-state index in [1.807, 2.05) is 12.1 Å². The fraction of sp³-hybridized carbons (Fsp3) is 0.300. The van der Waals surface area contributed by atoms with Crippen LogP contribution >= 0.6 is 11.6 Å². The van der Waals surface area contributed by atoms with Gasteiger partial charge in [0, 0.05) is 27.9 Å². The number of benzene rings is 2. The van der Waals surface area contributed by atoms with Gasteiger partial charge in [-0.05, 0) is 49.6 Å². The molecule has 1 aliphatic carbocycles. The van der Waals surface area contributed by atoms with Gasteiger partial charge in [0.2, 0.25) is 0 Å². The summed E-state index contributed by atoms with van der Waals surface area (Å²) in [5.41, 5.74) is 6.92. The molecule has 1 heterocycles. The molecule has 2 aromatic carbocycles. The Morgan fingerprint density at radius 1 is 1.17 bits per heavy atom. The Kier molecular flexibility index (Phi) is 3.88. The number of hydrogen-bond acceptors (Lipinski definition) is 0. The number of aromatic amines is 1. The van der Waals surface area contributed by atoms with Crippen molar-refractivity contribution in [2.45, 2.75) is 38.8 Å². The number of quaternary nitrogens is 1. The zero-order valence-corrected chi connectivity index (χ0v) is 14.2. The number of aromatic nitrogens is 1. The van der Waals surface area contributed by atoms with Crippen molar-refractivity contribution in [1.82, 2.24) is 4.98 Å². The third-order valence-corrected chi connectivity index (χ3v) is 5.21. The lowest BCUT2D eigenvalue weighted by atomic mass is 9.91. The van der Waals surface area contributed by atoms with Crippen LogP contribution in [0.25, 0.3) is 10.9 Å². The highest BCUT2D eigenvalue weighted by atomic mass is 35.5. The van der Waals surface area contributed by atoms with E-state index in [0.29, 0.717) is 6.04 Å². The second-order valence-corrected chi connectivity index (χ2v) is 7.07. The highest BCUT2D eigenvalue weighted by Crippen LogP contribution is 2.33. The maximum atomic E-state index is 5.97. The van der Waals surface area contributed by atoms with E-state index in [9.17, 15) is 0 Å². The first kappa shape index (κ1) is 14.8. The molecule has 0 bridgehead atoms. The molecule has 0 aliphatic heterocycles. The van der Waals surface area contributed by atoms with E-state index in [0.717, 1.165) is 11.6 Å². The van der Waals surface area contributed by atoms with Gasteiger partial charge in [0.15, 0.2) is 0 Å². The topological polar surface area (TPSA) is 32.4 Å². The van der Waals surface area contributed by atoms with E-state index < -0.39 is 0 Å². The van der Waals surface area contributed by atoms with Crippen molar-refractivity contribution in [2.75, 3.05) is 0 Å². The normalized spacial score (nSPS) is 17.4. The summed E-state index contributed by atoms with van der Waals surface area (Å²) >= 11 is 5.97. The molecule has 3 aromatic rings. The Balaban J connectivity index is 1.60. The summed E-state index contributed by atoms with van der Waals surface area (Å²) in [6, 6.07) is 15.5. The Morgan fingerprint density at radius 2 is 2.00 bits per heavy atom. The van der Waals surface area contributed by atoms with Crippen molar-refractivity contribution in [2.24, 2.45) is 0 Å². The first-order valence-electron chi connectivity index (χ1n) is 8.39. The minimum Gasteiger partial charge on any atom is -0.353 e. The third kappa shape index (κ3) is 2.89. The Bertz CT molecular complexity index is 833. The van der Waals surface area contributed by atoms with Gasteiger partial charge in [0.1, 0.15) is 12.6 Å². The van der Waals surface area contributed by atoms with Gasteiger partial charge in [0.25, 0.3) is 0 Å². The number of H-pyrrole nitrogens is 1.